The van der Waals surface area contributed by atoms with Gasteiger partial charge in [0.1, 0.15) is 29.9 Å². The summed E-state index contributed by atoms with van der Waals surface area (Å²) >= 11 is 0. The van der Waals surface area contributed by atoms with E-state index in [1.54, 1.807) is 43.5 Å². The Morgan fingerprint density at radius 1 is 1.11 bits per heavy atom. The number of halogens is 1. The Labute approximate surface area is 219 Å². The van der Waals surface area contributed by atoms with Crippen LogP contribution in [-0.4, -0.2) is 49.6 Å². The third kappa shape index (κ3) is 6.61. The average molecular weight is 521 g/mol. The molecular formula is C27H29FN6O4. The normalized spacial score (nSPS) is 12.1. The zero-order valence-corrected chi connectivity index (χ0v) is 21.6. The molecule has 4 rings (SSSR count). The maximum absolute atomic E-state index is 13.7. The van der Waals surface area contributed by atoms with Crippen molar-refractivity contribution in [2.45, 2.75) is 45.4 Å². The SMILES string of the molecule is COc1ccc([C@@H](C(=O)NC(C)(C)C)N(Cc2ccco2)C(=O)Cn2nnc(-c3ccc(F)cc3)n2)cc1. The first-order valence-corrected chi connectivity index (χ1v) is 11.9. The molecule has 4 aromatic rings. The molecule has 0 saturated carbocycles. The van der Waals surface area contributed by atoms with Crippen molar-refractivity contribution >= 4 is 11.8 Å². The van der Waals surface area contributed by atoms with Gasteiger partial charge in [0.2, 0.25) is 17.6 Å². The van der Waals surface area contributed by atoms with Gasteiger partial charge in [-0.15, -0.1) is 10.2 Å². The van der Waals surface area contributed by atoms with Crippen molar-refractivity contribution in [2.24, 2.45) is 0 Å². The van der Waals surface area contributed by atoms with E-state index >= 15 is 0 Å². The Balaban J connectivity index is 1.67. The van der Waals surface area contributed by atoms with Crippen molar-refractivity contribution in [3.63, 3.8) is 0 Å². The smallest absolute Gasteiger partial charge is 0.247 e. The first-order chi connectivity index (χ1) is 18.1. The standard InChI is InChI=1S/C27H29FN6O4/c1-27(2,3)29-26(36)24(18-9-13-21(37-4)14-10-18)33(16-22-6-5-15-38-22)23(35)17-34-31-25(30-32-34)19-7-11-20(28)12-8-19/h5-15,24H,16-17H2,1-4H3,(H,29,36)/t24-/m0/s1. The fraction of sp³-hybridized carbons (Fsp3) is 0.296. The molecule has 0 saturated heterocycles. The predicted molar refractivity (Wildman–Crippen MR) is 136 cm³/mol. The Morgan fingerprint density at radius 3 is 2.42 bits per heavy atom. The van der Waals surface area contributed by atoms with Crippen molar-refractivity contribution in [3.05, 3.63) is 84.1 Å². The number of rotatable bonds is 9. The molecule has 0 unspecified atom stereocenters. The summed E-state index contributed by atoms with van der Waals surface area (Å²) in [5.74, 6) is 0.178. The van der Waals surface area contributed by atoms with Crippen LogP contribution in [0.15, 0.2) is 71.3 Å². The summed E-state index contributed by atoms with van der Waals surface area (Å²) in [7, 11) is 1.55. The van der Waals surface area contributed by atoms with Crippen molar-refractivity contribution in [3.8, 4) is 17.1 Å². The van der Waals surface area contributed by atoms with E-state index in [1.807, 2.05) is 20.8 Å². The van der Waals surface area contributed by atoms with Gasteiger partial charge in [-0.1, -0.05) is 12.1 Å². The van der Waals surface area contributed by atoms with Crippen molar-refractivity contribution in [1.82, 2.24) is 30.4 Å². The van der Waals surface area contributed by atoms with E-state index in [4.69, 9.17) is 9.15 Å². The highest BCUT2D eigenvalue weighted by molar-refractivity contribution is 5.89. The van der Waals surface area contributed by atoms with Crippen molar-refractivity contribution in [2.75, 3.05) is 7.11 Å². The van der Waals surface area contributed by atoms with Gasteiger partial charge in [0, 0.05) is 11.1 Å². The molecule has 0 spiro atoms. The summed E-state index contributed by atoms with van der Waals surface area (Å²) in [6, 6.07) is 15.0. The quantitative estimate of drug-likeness (QED) is 0.357. The molecule has 0 bridgehead atoms. The fourth-order valence-electron chi connectivity index (χ4n) is 3.83. The zero-order valence-electron chi connectivity index (χ0n) is 21.6. The second kappa shape index (κ2) is 11.2. The number of ether oxygens (including phenoxy) is 1. The Kier molecular flexibility index (Phi) is 7.85. The number of furan rings is 1. The fourth-order valence-corrected chi connectivity index (χ4v) is 3.83. The molecule has 38 heavy (non-hydrogen) atoms. The van der Waals surface area contributed by atoms with Crippen LogP contribution in [0.3, 0.4) is 0 Å². The summed E-state index contributed by atoms with van der Waals surface area (Å²) in [6.07, 6.45) is 1.50. The molecule has 1 N–H and O–H groups in total. The van der Waals surface area contributed by atoms with E-state index in [9.17, 15) is 14.0 Å². The molecule has 2 aromatic heterocycles. The number of aromatic nitrogens is 4. The number of hydrogen-bond acceptors (Lipinski definition) is 7. The maximum Gasteiger partial charge on any atom is 0.247 e. The third-order valence-corrected chi connectivity index (χ3v) is 5.55. The van der Waals surface area contributed by atoms with Crippen LogP contribution in [0.1, 0.15) is 38.1 Å². The monoisotopic (exact) mass is 520 g/mol. The predicted octanol–water partition coefficient (Wildman–Crippen LogP) is 3.77. The van der Waals surface area contributed by atoms with E-state index < -0.39 is 17.5 Å². The molecule has 2 amide bonds. The highest BCUT2D eigenvalue weighted by Crippen LogP contribution is 2.27. The number of carbonyl (C=O) groups excluding carboxylic acids is 2. The Hall–Kier alpha value is -4.54. The molecule has 0 aliphatic heterocycles. The van der Waals surface area contributed by atoms with Crippen LogP contribution in [0.5, 0.6) is 5.75 Å². The van der Waals surface area contributed by atoms with Crippen molar-refractivity contribution < 1.29 is 23.1 Å². The van der Waals surface area contributed by atoms with Crippen LogP contribution in [0.4, 0.5) is 4.39 Å². The lowest BCUT2D eigenvalue weighted by Crippen LogP contribution is -2.49. The number of benzene rings is 2. The molecule has 11 heteroatoms. The second-order valence-corrected chi connectivity index (χ2v) is 9.67. The minimum absolute atomic E-state index is 0.0274. The Bertz CT molecular complexity index is 1360. The molecule has 1 atom stereocenters. The highest BCUT2D eigenvalue weighted by atomic mass is 19.1. The number of hydrogen-bond donors (Lipinski definition) is 1. The van der Waals surface area contributed by atoms with E-state index in [1.165, 1.54) is 35.4 Å². The second-order valence-electron chi connectivity index (χ2n) is 9.67. The molecule has 2 aromatic carbocycles. The lowest BCUT2D eigenvalue weighted by atomic mass is 10.0. The zero-order chi connectivity index (χ0) is 27.3. The van der Waals surface area contributed by atoms with E-state index in [0.717, 1.165) is 4.80 Å². The van der Waals surface area contributed by atoms with Crippen LogP contribution in [0.25, 0.3) is 11.4 Å². The van der Waals surface area contributed by atoms with Gasteiger partial charge in [-0.2, -0.15) is 4.80 Å². The number of methoxy groups -OCH3 is 1. The number of nitrogens with zero attached hydrogens (tertiary/aromatic N) is 5. The first kappa shape index (κ1) is 26.5. The van der Waals surface area contributed by atoms with E-state index in [2.05, 4.69) is 20.7 Å². The molecule has 2 heterocycles. The minimum Gasteiger partial charge on any atom is -0.497 e. The van der Waals surface area contributed by atoms with Crippen molar-refractivity contribution in [1.29, 1.82) is 0 Å². The third-order valence-electron chi connectivity index (χ3n) is 5.55. The summed E-state index contributed by atoms with van der Waals surface area (Å²) < 4.78 is 24.1. The minimum atomic E-state index is -0.988. The number of tetrazole rings is 1. The van der Waals surface area contributed by atoms with Crippen LogP contribution in [0, 0.1) is 5.82 Å². The topological polar surface area (TPSA) is 115 Å². The van der Waals surface area contributed by atoms with Gasteiger partial charge < -0.3 is 19.4 Å². The molecule has 0 radical (unpaired) electrons. The van der Waals surface area contributed by atoms with Gasteiger partial charge in [-0.25, -0.2) is 4.39 Å². The molecular weight excluding hydrogens is 491 g/mol. The Morgan fingerprint density at radius 2 is 1.82 bits per heavy atom. The lowest BCUT2D eigenvalue weighted by Gasteiger charge is -2.33. The largest absolute Gasteiger partial charge is 0.497 e. The van der Waals surface area contributed by atoms with Gasteiger partial charge in [-0.05, 0) is 80.1 Å². The highest BCUT2D eigenvalue weighted by Gasteiger charge is 2.34. The van der Waals surface area contributed by atoms with Crippen LogP contribution >= 0.6 is 0 Å². The van der Waals surface area contributed by atoms with Gasteiger partial charge in [0.25, 0.3) is 0 Å². The van der Waals surface area contributed by atoms with Gasteiger partial charge in [-0.3, -0.25) is 9.59 Å². The summed E-state index contributed by atoms with van der Waals surface area (Å²) in [5.41, 5.74) is 0.600. The van der Waals surface area contributed by atoms with Crippen LogP contribution < -0.4 is 10.1 Å². The molecule has 10 nitrogen and oxygen atoms in total. The molecule has 0 aliphatic rings. The van der Waals surface area contributed by atoms with Gasteiger partial charge in [0.05, 0.1) is 19.9 Å². The van der Waals surface area contributed by atoms with Crippen LogP contribution in [0.2, 0.25) is 0 Å². The number of nitrogens with one attached hydrogen (secondary N) is 1. The van der Waals surface area contributed by atoms with Gasteiger partial charge in [0.15, 0.2) is 0 Å². The average Bonchev–Trinajstić information content (AvgIpc) is 3.56. The van der Waals surface area contributed by atoms with Crippen LogP contribution in [-0.2, 0) is 22.7 Å². The number of amides is 2. The first-order valence-electron chi connectivity index (χ1n) is 11.9. The van der Waals surface area contributed by atoms with E-state index in [0.29, 0.717) is 22.6 Å². The maximum atomic E-state index is 13.7. The molecule has 0 aliphatic carbocycles. The molecule has 198 valence electrons. The molecule has 0 fully saturated rings. The number of carbonyl (C=O) groups is 2. The lowest BCUT2D eigenvalue weighted by molar-refractivity contribution is -0.143. The van der Waals surface area contributed by atoms with Gasteiger partial charge >= 0.3 is 0 Å². The van der Waals surface area contributed by atoms with E-state index in [-0.39, 0.29) is 30.6 Å². The summed E-state index contributed by atoms with van der Waals surface area (Å²) in [6.45, 7) is 5.34. The summed E-state index contributed by atoms with van der Waals surface area (Å²) in [5, 5.41) is 15.2. The summed E-state index contributed by atoms with van der Waals surface area (Å²) in [4.78, 5) is 29.9.